The highest BCUT2D eigenvalue weighted by atomic mass is 19.1. The predicted molar refractivity (Wildman–Crippen MR) is 120 cm³/mol. The lowest BCUT2D eigenvalue weighted by Crippen LogP contribution is -2.43. The zero-order valence-corrected chi connectivity index (χ0v) is 17.3. The van der Waals surface area contributed by atoms with Crippen molar-refractivity contribution in [2.24, 2.45) is 0 Å². The SMILES string of the molecule is [C-]#[N+]CCN1C(=O)C(n2nc(-c3cc(O)cc(F)c3)c3c(N)ncnc32)Cc2ccccc21. The first-order valence-corrected chi connectivity index (χ1v) is 10.2. The molecular weight excluding hydrogens is 425 g/mol. The standard InChI is InChI=1S/C23H18FN7O2/c1-26-6-7-30-17-5-3-2-4-13(17)10-18(23(30)33)31-22-19(21(25)27-12-28-22)20(29-31)14-8-15(24)11-16(32)9-14/h2-5,8-9,11-12,18,32H,6-7,10H2,(H2,25,27,28). The molecule has 0 spiro atoms. The highest BCUT2D eigenvalue weighted by Crippen LogP contribution is 2.37. The second kappa shape index (κ2) is 7.87. The second-order valence-electron chi connectivity index (χ2n) is 7.67. The molecular formula is C23H18FN7O2. The molecule has 3 heterocycles. The van der Waals surface area contributed by atoms with Gasteiger partial charge >= 0.3 is 0 Å². The van der Waals surface area contributed by atoms with Crippen molar-refractivity contribution >= 4 is 28.4 Å². The number of nitrogen functional groups attached to an aromatic ring is 1. The monoisotopic (exact) mass is 443 g/mol. The molecule has 1 amide bonds. The van der Waals surface area contributed by atoms with Crippen molar-refractivity contribution in [3.05, 3.63) is 71.6 Å². The number of hydrogen-bond donors (Lipinski definition) is 2. The van der Waals surface area contributed by atoms with Crippen LogP contribution in [0.2, 0.25) is 0 Å². The normalized spacial score (nSPS) is 15.5. The van der Waals surface area contributed by atoms with Gasteiger partial charge in [-0.3, -0.25) is 4.79 Å². The lowest BCUT2D eigenvalue weighted by molar-refractivity contribution is -0.122. The van der Waals surface area contributed by atoms with Crippen LogP contribution in [0, 0.1) is 12.4 Å². The van der Waals surface area contributed by atoms with Gasteiger partial charge in [0.15, 0.2) is 5.65 Å². The number of anilines is 2. The van der Waals surface area contributed by atoms with Gasteiger partial charge in [0.2, 0.25) is 6.54 Å². The number of amides is 1. The molecule has 9 nitrogen and oxygen atoms in total. The Labute approximate surface area is 187 Å². The average molecular weight is 443 g/mol. The fraction of sp³-hybridized carbons (Fsp3) is 0.174. The summed E-state index contributed by atoms with van der Waals surface area (Å²) in [5.74, 6) is -1.02. The number of benzene rings is 2. The third kappa shape index (κ3) is 3.40. The quantitative estimate of drug-likeness (QED) is 0.469. The molecule has 164 valence electrons. The average Bonchev–Trinajstić information content (AvgIpc) is 3.18. The first-order chi connectivity index (χ1) is 16.0. The molecule has 0 aliphatic carbocycles. The molecule has 1 aliphatic heterocycles. The van der Waals surface area contributed by atoms with Gasteiger partial charge in [0, 0.05) is 23.7 Å². The Hall–Kier alpha value is -4.52. The van der Waals surface area contributed by atoms with E-state index in [2.05, 4.69) is 19.9 Å². The van der Waals surface area contributed by atoms with Crippen LogP contribution in [0.1, 0.15) is 11.6 Å². The van der Waals surface area contributed by atoms with E-state index in [1.54, 1.807) is 4.90 Å². The summed E-state index contributed by atoms with van der Waals surface area (Å²) in [6.07, 6.45) is 1.64. The van der Waals surface area contributed by atoms with Gasteiger partial charge < -0.3 is 20.6 Å². The number of phenols is 1. The van der Waals surface area contributed by atoms with Crippen molar-refractivity contribution in [3.63, 3.8) is 0 Å². The number of phenolic OH excluding ortho intramolecular Hbond substituents is 1. The molecule has 10 heteroatoms. The Morgan fingerprint density at radius 3 is 2.85 bits per heavy atom. The Balaban J connectivity index is 1.70. The number of hydrogen-bond acceptors (Lipinski definition) is 6. The minimum absolute atomic E-state index is 0.124. The third-order valence-electron chi connectivity index (χ3n) is 5.65. The van der Waals surface area contributed by atoms with E-state index in [4.69, 9.17) is 12.3 Å². The predicted octanol–water partition coefficient (Wildman–Crippen LogP) is 2.97. The van der Waals surface area contributed by atoms with Gasteiger partial charge in [-0.25, -0.2) is 25.6 Å². The zero-order chi connectivity index (χ0) is 23.1. The Morgan fingerprint density at radius 1 is 1.24 bits per heavy atom. The van der Waals surface area contributed by atoms with Crippen LogP contribution in [-0.2, 0) is 11.2 Å². The van der Waals surface area contributed by atoms with Crippen LogP contribution in [0.5, 0.6) is 5.75 Å². The Kier molecular flexibility index (Phi) is 4.86. The van der Waals surface area contributed by atoms with E-state index in [0.29, 0.717) is 17.5 Å². The van der Waals surface area contributed by atoms with Crippen molar-refractivity contribution < 1.29 is 14.3 Å². The summed E-state index contributed by atoms with van der Waals surface area (Å²) < 4.78 is 15.5. The van der Waals surface area contributed by atoms with Gasteiger partial charge in [0.25, 0.3) is 5.91 Å². The number of carbonyl (C=O) groups is 1. The molecule has 0 radical (unpaired) electrons. The molecule has 1 aliphatic rings. The van der Waals surface area contributed by atoms with E-state index in [1.165, 1.54) is 23.1 Å². The van der Waals surface area contributed by atoms with Gasteiger partial charge in [0.05, 0.1) is 11.9 Å². The zero-order valence-electron chi connectivity index (χ0n) is 17.3. The number of halogens is 1. The van der Waals surface area contributed by atoms with Crippen LogP contribution in [0.4, 0.5) is 15.9 Å². The molecule has 33 heavy (non-hydrogen) atoms. The number of rotatable bonds is 4. The third-order valence-corrected chi connectivity index (χ3v) is 5.65. The second-order valence-corrected chi connectivity index (χ2v) is 7.67. The van der Waals surface area contributed by atoms with Crippen molar-refractivity contribution in [3.8, 4) is 17.0 Å². The summed E-state index contributed by atoms with van der Waals surface area (Å²) in [6.45, 7) is 7.55. The van der Waals surface area contributed by atoms with Crippen LogP contribution < -0.4 is 10.6 Å². The largest absolute Gasteiger partial charge is 0.508 e. The number of aromatic hydroxyl groups is 1. The summed E-state index contributed by atoms with van der Waals surface area (Å²) in [6, 6.07) is 10.3. The van der Waals surface area contributed by atoms with E-state index in [1.807, 2.05) is 24.3 Å². The molecule has 2 aromatic heterocycles. The van der Waals surface area contributed by atoms with Crippen LogP contribution in [0.25, 0.3) is 27.1 Å². The van der Waals surface area contributed by atoms with E-state index >= 15 is 0 Å². The summed E-state index contributed by atoms with van der Waals surface area (Å²) in [7, 11) is 0. The fourth-order valence-electron chi connectivity index (χ4n) is 4.24. The summed E-state index contributed by atoms with van der Waals surface area (Å²) in [5, 5.41) is 14.9. The van der Waals surface area contributed by atoms with Gasteiger partial charge in [0.1, 0.15) is 35.4 Å². The van der Waals surface area contributed by atoms with Crippen LogP contribution in [0.15, 0.2) is 48.8 Å². The van der Waals surface area contributed by atoms with Crippen molar-refractivity contribution in [2.75, 3.05) is 23.7 Å². The number of carbonyl (C=O) groups excluding carboxylic acids is 1. The minimum atomic E-state index is -0.752. The van der Waals surface area contributed by atoms with Crippen molar-refractivity contribution in [1.82, 2.24) is 19.7 Å². The number of nitrogens with two attached hydrogens (primary N) is 1. The molecule has 2 aromatic carbocycles. The molecule has 3 N–H and O–H groups in total. The minimum Gasteiger partial charge on any atom is -0.508 e. The van der Waals surface area contributed by atoms with E-state index in [9.17, 15) is 14.3 Å². The molecule has 5 rings (SSSR count). The first-order valence-electron chi connectivity index (χ1n) is 10.2. The Morgan fingerprint density at radius 2 is 2.06 bits per heavy atom. The number of nitrogens with zero attached hydrogens (tertiary/aromatic N) is 6. The smallest absolute Gasteiger partial charge is 0.252 e. The number of fused-ring (bicyclic) bond motifs is 2. The first kappa shape index (κ1) is 20.4. The molecule has 1 unspecified atom stereocenters. The van der Waals surface area contributed by atoms with E-state index < -0.39 is 11.9 Å². The lowest BCUT2D eigenvalue weighted by Gasteiger charge is -2.33. The van der Waals surface area contributed by atoms with Crippen molar-refractivity contribution in [2.45, 2.75) is 12.5 Å². The topological polar surface area (TPSA) is 115 Å². The maximum Gasteiger partial charge on any atom is 0.252 e. The van der Waals surface area contributed by atoms with Gasteiger partial charge in [-0.1, -0.05) is 18.2 Å². The van der Waals surface area contributed by atoms with Crippen LogP contribution in [0.3, 0.4) is 0 Å². The number of para-hydroxylation sites is 1. The highest BCUT2D eigenvalue weighted by Gasteiger charge is 2.36. The highest BCUT2D eigenvalue weighted by molar-refractivity contribution is 6.02. The summed E-state index contributed by atoms with van der Waals surface area (Å²) in [5.41, 5.74) is 8.70. The molecule has 0 fully saturated rings. The lowest BCUT2D eigenvalue weighted by atomic mass is 9.97. The van der Waals surface area contributed by atoms with Gasteiger partial charge in [-0.15, -0.1) is 0 Å². The van der Waals surface area contributed by atoms with E-state index in [-0.39, 0.29) is 41.8 Å². The number of aromatic nitrogens is 4. The molecule has 4 aromatic rings. The summed E-state index contributed by atoms with van der Waals surface area (Å²) >= 11 is 0. The van der Waals surface area contributed by atoms with Gasteiger partial charge in [-0.05, 0) is 23.8 Å². The van der Waals surface area contributed by atoms with E-state index in [0.717, 1.165) is 17.3 Å². The summed E-state index contributed by atoms with van der Waals surface area (Å²) in [4.78, 5) is 26.9. The molecule has 0 saturated carbocycles. The van der Waals surface area contributed by atoms with Gasteiger partial charge in [-0.2, -0.15) is 5.10 Å². The molecule has 1 atom stereocenters. The maximum atomic E-state index is 14.0. The molecule has 0 saturated heterocycles. The van der Waals surface area contributed by atoms with Crippen LogP contribution in [-0.4, -0.2) is 43.9 Å². The Bertz CT molecular complexity index is 1420. The van der Waals surface area contributed by atoms with Crippen molar-refractivity contribution in [1.29, 1.82) is 0 Å². The molecule has 0 bridgehead atoms. The maximum absolute atomic E-state index is 14.0. The van der Waals surface area contributed by atoms with Crippen LogP contribution >= 0.6 is 0 Å². The fourth-order valence-corrected chi connectivity index (χ4v) is 4.24.